The van der Waals surface area contributed by atoms with Crippen LogP contribution in [-0.4, -0.2) is 16.1 Å². The van der Waals surface area contributed by atoms with E-state index in [1.54, 1.807) is 0 Å². The third-order valence-electron chi connectivity index (χ3n) is 2.43. The van der Waals surface area contributed by atoms with Gasteiger partial charge in [-0.2, -0.15) is 13.2 Å². The number of carboxylic acids is 1. The summed E-state index contributed by atoms with van der Waals surface area (Å²) in [6.45, 7) is 0. The van der Waals surface area contributed by atoms with Crippen LogP contribution in [0.4, 0.5) is 13.2 Å². The number of aromatic carboxylic acids is 1. The topological polar surface area (TPSA) is 59.4 Å². The molecular formula is C13H7ClF3NO3. The zero-order valence-electron chi connectivity index (χ0n) is 10.2. The van der Waals surface area contributed by atoms with Crippen LogP contribution in [0.15, 0.2) is 36.4 Å². The van der Waals surface area contributed by atoms with Crippen LogP contribution in [-0.2, 0) is 6.18 Å². The van der Waals surface area contributed by atoms with Crippen molar-refractivity contribution in [2.45, 2.75) is 6.18 Å². The van der Waals surface area contributed by atoms with E-state index in [0.29, 0.717) is 0 Å². The first-order valence-electron chi connectivity index (χ1n) is 5.52. The molecule has 1 aromatic heterocycles. The summed E-state index contributed by atoms with van der Waals surface area (Å²) in [5.74, 6) is -1.33. The highest BCUT2D eigenvalue weighted by molar-refractivity contribution is 6.33. The number of aromatic nitrogens is 1. The third kappa shape index (κ3) is 3.63. The summed E-state index contributed by atoms with van der Waals surface area (Å²) in [5.41, 5.74) is -1.22. The van der Waals surface area contributed by atoms with Crippen molar-refractivity contribution in [3.63, 3.8) is 0 Å². The van der Waals surface area contributed by atoms with E-state index in [2.05, 4.69) is 4.98 Å². The summed E-state index contributed by atoms with van der Waals surface area (Å²) < 4.78 is 42.4. The Kier molecular flexibility index (Phi) is 4.04. The molecule has 0 aliphatic heterocycles. The van der Waals surface area contributed by atoms with Crippen molar-refractivity contribution in [3.8, 4) is 11.6 Å². The maximum atomic E-state index is 12.4. The minimum absolute atomic E-state index is 0.0673. The molecule has 110 valence electrons. The number of nitrogens with zero attached hydrogens (tertiary/aromatic N) is 1. The molecule has 0 saturated heterocycles. The molecule has 0 bridgehead atoms. The fourth-order valence-electron chi connectivity index (χ4n) is 1.46. The van der Waals surface area contributed by atoms with Crippen LogP contribution in [0.3, 0.4) is 0 Å². The van der Waals surface area contributed by atoms with Gasteiger partial charge in [-0.05, 0) is 30.3 Å². The lowest BCUT2D eigenvalue weighted by atomic mass is 10.2. The van der Waals surface area contributed by atoms with Gasteiger partial charge >= 0.3 is 12.1 Å². The third-order valence-corrected chi connectivity index (χ3v) is 2.73. The van der Waals surface area contributed by atoms with E-state index in [1.165, 1.54) is 12.1 Å². The number of halogens is 4. The molecule has 1 heterocycles. The summed E-state index contributed by atoms with van der Waals surface area (Å²) in [6.07, 6.45) is -4.44. The minimum Gasteiger partial charge on any atom is -0.476 e. The van der Waals surface area contributed by atoms with E-state index in [4.69, 9.17) is 21.4 Å². The Hall–Kier alpha value is -2.28. The number of carboxylic acid groups (broad SMARTS) is 1. The fourth-order valence-corrected chi connectivity index (χ4v) is 1.65. The maximum Gasteiger partial charge on any atom is 0.416 e. The van der Waals surface area contributed by atoms with E-state index in [-0.39, 0.29) is 16.7 Å². The van der Waals surface area contributed by atoms with E-state index in [9.17, 15) is 18.0 Å². The molecule has 1 N–H and O–H groups in total. The molecule has 2 rings (SSSR count). The molecule has 0 radical (unpaired) electrons. The average Bonchev–Trinajstić information content (AvgIpc) is 2.40. The molecule has 0 spiro atoms. The Morgan fingerprint density at radius 2 is 1.76 bits per heavy atom. The molecule has 4 nitrogen and oxygen atoms in total. The monoisotopic (exact) mass is 317 g/mol. The summed E-state index contributed by atoms with van der Waals surface area (Å²) in [7, 11) is 0. The van der Waals surface area contributed by atoms with Crippen molar-refractivity contribution in [2.24, 2.45) is 0 Å². The lowest BCUT2D eigenvalue weighted by Crippen LogP contribution is -2.04. The Morgan fingerprint density at radius 3 is 2.29 bits per heavy atom. The maximum absolute atomic E-state index is 12.4. The van der Waals surface area contributed by atoms with E-state index < -0.39 is 23.4 Å². The first-order chi connectivity index (χ1) is 9.77. The van der Waals surface area contributed by atoms with E-state index >= 15 is 0 Å². The largest absolute Gasteiger partial charge is 0.476 e. The lowest BCUT2D eigenvalue weighted by molar-refractivity contribution is -0.137. The first kappa shape index (κ1) is 15.1. The van der Waals surface area contributed by atoms with Gasteiger partial charge in [0.25, 0.3) is 0 Å². The van der Waals surface area contributed by atoms with Gasteiger partial charge in [0.2, 0.25) is 5.88 Å². The summed E-state index contributed by atoms with van der Waals surface area (Å²) >= 11 is 5.64. The zero-order chi connectivity index (χ0) is 15.6. The second kappa shape index (κ2) is 5.61. The number of ether oxygens (including phenoxy) is 1. The van der Waals surface area contributed by atoms with Crippen molar-refractivity contribution >= 4 is 17.6 Å². The summed E-state index contributed by atoms with van der Waals surface area (Å²) in [6, 6.07) is 6.51. The van der Waals surface area contributed by atoms with Crippen LogP contribution in [0.2, 0.25) is 5.02 Å². The highest BCUT2D eigenvalue weighted by atomic mass is 35.5. The van der Waals surface area contributed by atoms with Crippen molar-refractivity contribution in [2.75, 3.05) is 0 Å². The first-order valence-corrected chi connectivity index (χ1v) is 5.90. The molecule has 0 aliphatic carbocycles. The number of carbonyl (C=O) groups is 1. The number of hydrogen-bond acceptors (Lipinski definition) is 3. The second-order valence-electron chi connectivity index (χ2n) is 3.91. The molecule has 0 unspecified atom stereocenters. The highest BCUT2D eigenvalue weighted by Crippen LogP contribution is 2.31. The van der Waals surface area contributed by atoms with Gasteiger partial charge in [0, 0.05) is 6.07 Å². The van der Waals surface area contributed by atoms with Crippen LogP contribution in [0.25, 0.3) is 0 Å². The standard InChI is InChI=1S/C13H7ClF3NO3/c14-9-5-6-10(18-11(9)12(19)20)21-8-3-1-7(2-4-8)13(15,16)17/h1-6H,(H,19,20). The molecule has 0 saturated carbocycles. The van der Waals surface area contributed by atoms with Gasteiger partial charge in [-0.15, -0.1) is 0 Å². The molecular weight excluding hydrogens is 311 g/mol. The quantitative estimate of drug-likeness (QED) is 0.919. The van der Waals surface area contributed by atoms with Gasteiger partial charge in [0.15, 0.2) is 5.69 Å². The Morgan fingerprint density at radius 1 is 1.14 bits per heavy atom. The Balaban J connectivity index is 2.22. The van der Waals surface area contributed by atoms with Gasteiger partial charge in [-0.3, -0.25) is 0 Å². The number of benzene rings is 1. The zero-order valence-corrected chi connectivity index (χ0v) is 10.9. The minimum atomic E-state index is -4.44. The normalized spacial score (nSPS) is 11.2. The average molecular weight is 318 g/mol. The highest BCUT2D eigenvalue weighted by Gasteiger charge is 2.30. The van der Waals surface area contributed by atoms with Gasteiger partial charge < -0.3 is 9.84 Å². The van der Waals surface area contributed by atoms with Crippen LogP contribution >= 0.6 is 11.6 Å². The van der Waals surface area contributed by atoms with Crippen molar-refractivity contribution in [1.82, 2.24) is 4.98 Å². The number of rotatable bonds is 3. The number of pyridine rings is 1. The molecule has 0 amide bonds. The lowest BCUT2D eigenvalue weighted by Gasteiger charge is -2.09. The second-order valence-corrected chi connectivity index (χ2v) is 4.32. The Bertz CT molecular complexity index is 671. The van der Waals surface area contributed by atoms with Crippen LogP contribution in [0, 0.1) is 0 Å². The summed E-state index contributed by atoms with van der Waals surface area (Å²) in [5, 5.41) is 8.79. The van der Waals surface area contributed by atoms with Crippen molar-refractivity contribution < 1.29 is 27.8 Å². The SMILES string of the molecule is O=C(O)c1nc(Oc2ccc(C(F)(F)F)cc2)ccc1Cl. The smallest absolute Gasteiger partial charge is 0.416 e. The molecule has 8 heteroatoms. The van der Waals surface area contributed by atoms with E-state index in [0.717, 1.165) is 24.3 Å². The van der Waals surface area contributed by atoms with Crippen molar-refractivity contribution in [1.29, 1.82) is 0 Å². The number of hydrogen-bond donors (Lipinski definition) is 1. The van der Waals surface area contributed by atoms with Gasteiger partial charge in [0.05, 0.1) is 10.6 Å². The van der Waals surface area contributed by atoms with Crippen LogP contribution in [0.5, 0.6) is 11.6 Å². The van der Waals surface area contributed by atoms with Crippen LogP contribution in [0.1, 0.15) is 16.1 Å². The van der Waals surface area contributed by atoms with E-state index in [1.807, 2.05) is 0 Å². The number of alkyl halides is 3. The van der Waals surface area contributed by atoms with Gasteiger partial charge in [0.1, 0.15) is 5.75 Å². The van der Waals surface area contributed by atoms with Crippen LogP contribution < -0.4 is 4.74 Å². The molecule has 1 aromatic carbocycles. The molecule has 0 atom stereocenters. The predicted molar refractivity (Wildman–Crippen MR) is 67.7 cm³/mol. The molecule has 0 aliphatic rings. The molecule has 2 aromatic rings. The van der Waals surface area contributed by atoms with Crippen molar-refractivity contribution in [3.05, 3.63) is 52.7 Å². The fraction of sp³-hybridized carbons (Fsp3) is 0.0769. The molecule has 21 heavy (non-hydrogen) atoms. The van der Waals surface area contributed by atoms with Gasteiger partial charge in [-0.25, -0.2) is 9.78 Å². The predicted octanol–water partition coefficient (Wildman–Crippen LogP) is 4.24. The summed E-state index contributed by atoms with van der Waals surface area (Å²) in [4.78, 5) is 14.5. The molecule has 0 fully saturated rings. The van der Waals surface area contributed by atoms with Gasteiger partial charge in [-0.1, -0.05) is 11.6 Å². The Labute approximate surface area is 121 Å².